The first-order valence-electron chi connectivity index (χ1n) is 7.13. The Kier molecular flexibility index (Phi) is 7.09. The van der Waals surface area contributed by atoms with Crippen molar-refractivity contribution in [3.05, 3.63) is 0 Å². The molecular weight excluding hydrogens is 212 g/mol. The molecular formula is C14H30N2O. The molecule has 1 aliphatic carbocycles. The molecule has 1 aliphatic rings. The lowest BCUT2D eigenvalue weighted by Crippen LogP contribution is -2.49. The molecule has 0 heterocycles. The van der Waals surface area contributed by atoms with Crippen molar-refractivity contribution in [1.29, 1.82) is 0 Å². The van der Waals surface area contributed by atoms with Gasteiger partial charge in [0.05, 0.1) is 6.61 Å². The predicted molar refractivity (Wildman–Crippen MR) is 73.1 cm³/mol. The third-order valence-corrected chi connectivity index (χ3v) is 3.68. The SMILES string of the molecule is COCCN(CC(C)C)C1CCCCCC1N. The second-order valence-electron chi connectivity index (χ2n) is 5.75. The van der Waals surface area contributed by atoms with E-state index in [4.69, 9.17) is 10.5 Å². The average Bonchev–Trinajstić information content (AvgIpc) is 2.49. The summed E-state index contributed by atoms with van der Waals surface area (Å²) in [4.78, 5) is 2.56. The van der Waals surface area contributed by atoms with Crippen LogP contribution in [-0.4, -0.2) is 43.8 Å². The second-order valence-corrected chi connectivity index (χ2v) is 5.75. The van der Waals surface area contributed by atoms with Crippen LogP contribution in [0.5, 0.6) is 0 Å². The first kappa shape index (κ1) is 14.9. The summed E-state index contributed by atoms with van der Waals surface area (Å²) in [7, 11) is 1.78. The number of nitrogens with two attached hydrogens (primary N) is 1. The molecule has 0 radical (unpaired) electrons. The van der Waals surface area contributed by atoms with Gasteiger partial charge in [0.25, 0.3) is 0 Å². The summed E-state index contributed by atoms with van der Waals surface area (Å²) in [5.74, 6) is 0.697. The van der Waals surface area contributed by atoms with E-state index in [0.29, 0.717) is 18.0 Å². The minimum absolute atomic E-state index is 0.355. The Labute approximate surface area is 107 Å². The number of hydrogen-bond acceptors (Lipinski definition) is 3. The van der Waals surface area contributed by atoms with E-state index in [1.54, 1.807) is 7.11 Å². The highest BCUT2D eigenvalue weighted by Crippen LogP contribution is 2.22. The average molecular weight is 242 g/mol. The Morgan fingerprint density at radius 3 is 2.59 bits per heavy atom. The van der Waals surface area contributed by atoms with Crippen molar-refractivity contribution in [3.8, 4) is 0 Å². The Morgan fingerprint density at radius 1 is 1.24 bits per heavy atom. The molecule has 0 aromatic carbocycles. The van der Waals surface area contributed by atoms with Crippen molar-refractivity contribution >= 4 is 0 Å². The molecule has 0 bridgehead atoms. The molecule has 2 N–H and O–H groups in total. The Bertz CT molecular complexity index is 197. The summed E-state index contributed by atoms with van der Waals surface area (Å²) < 4.78 is 5.23. The number of methoxy groups -OCH3 is 1. The fourth-order valence-electron chi connectivity index (χ4n) is 2.84. The molecule has 1 fully saturated rings. The quantitative estimate of drug-likeness (QED) is 0.726. The zero-order valence-electron chi connectivity index (χ0n) is 11.8. The van der Waals surface area contributed by atoms with Gasteiger partial charge < -0.3 is 10.5 Å². The van der Waals surface area contributed by atoms with Gasteiger partial charge in [-0.3, -0.25) is 4.90 Å². The van der Waals surface area contributed by atoms with Gasteiger partial charge in [-0.2, -0.15) is 0 Å². The number of ether oxygens (including phenoxy) is 1. The molecule has 0 aromatic rings. The topological polar surface area (TPSA) is 38.5 Å². The van der Waals surface area contributed by atoms with Crippen LogP contribution in [0.2, 0.25) is 0 Å². The van der Waals surface area contributed by atoms with Crippen molar-refractivity contribution in [2.45, 2.75) is 58.0 Å². The molecule has 3 heteroatoms. The van der Waals surface area contributed by atoms with E-state index < -0.39 is 0 Å². The van der Waals surface area contributed by atoms with E-state index in [2.05, 4.69) is 18.7 Å². The third kappa shape index (κ3) is 5.36. The third-order valence-electron chi connectivity index (χ3n) is 3.68. The largest absolute Gasteiger partial charge is 0.383 e. The summed E-state index contributed by atoms with van der Waals surface area (Å²) >= 11 is 0. The van der Waals surface area contributed by atoms with Gasteiger partial charge in [-0.25, -0.2) is 0 Å². The fourth-order valence-corrected chi connectivity index (χ4v) is 2.84. The molecule has 0 aromatic heterocycles. The van der Waals surface area contributed by atoms with E-state index in [-0.39, 0.29) is 0 Å². The number of hydrogen-bond donors (Lipinski definition) is 1. The normalized spacial score (nSPS) is 26.5. The van der Waals surface area contributed by atoms with Crippen LogP contribution in [-0.2, 0) is 4.74 Å². The van der Waals surface area contributed by atoms with Crippen molar-refractivity contribution in [1.82, 2.24) is 4.90 Å². The van der Waals surface area contributed by atoms with Crippen LogP contribution in [0.3, 0.4) is 0 Å². The van der Waals surface area contributed by atoms with Crippen molar-refractivity contribution in [2.24, 2.45) is 11.7 Å². The zero-order valence-corrected chi connectivity index (χ0v) is 11.8. The van der Waals surface area contributed by atoms with Crippen LogP contribution in [0.25, 0.3) is 0 Å². The maximum Gasteiger partial charge on any atom is 0.0589 e. The molecule has 1 saturated carbocycles. The Morgan fingerprint density at radius 2 is 1.94 bits per heavy atom. The number of nitrogens with zero attached hydrogens (tertiary/aromatic N) is 1. The van der Waals surface area contributed by atoms with Gasteiger partial charge in [-0.1, -0.05) is 33.1 Å². The first-order valence-corrected chi connectivity index (χ1v) is 7.13. The minimum atomic E-state index is 0.355. The van der Waals surface area contributed by atoms with E-state index in [1.165, 1.54) is 32.1 Å². The lowest BCUT2D eigenvalue weighted by molar-refractivity contribution is 0.0951. The van der Waals surface area contributed by atoms with E-state index in [0.717, 1.165) is 19.7 Å². The van der Waals surface area contributed by atoms with Crippen LogP contribution in [0.15, 0.2) is 0 Å². The molecule has 2 unspecified atom stereocenters. The lowest BCUT2D eigenvalue weighted by Gasteiger charge is -2.35. The Hall–Kier alpha value is -0.120. The maximum absolute atomic E-state index is 6.34. The molecule has 3 nitrogen and oxygen atoms in total. The molecule has 17 heavy (non-hydrogen) atoms. The highest BCUT2D eigenvalue weighted by molar-refractivity contribution is 4.85. The molecule has 1 rings (SSSR count). The summed E-state index contributed by atoms with van der Waals surface area (Å²) in [6, 6.07) is 0.920. The summed E-state index contributed by atoms with van der Waals surface area (Å²) in [5.41, 5.74) is 6.34. The zero-order chi connectivity index (χ0) is 12.7. The monoisotopic (exact) mass is 242 g/mol. The van der Waals surface area contributed by atoms with Crippen molar-refractivity contribution < 1.29 is 4.74 Å². The number of rotatable bonds is 6. The van der Waals surface area contributed by atoms with Gasteiger partial charge in [0.1, 0.15) is 0 Å². The van der Waals surface area contributed by atoms with Crippen LogP contribution >= 0.6 is 0 Å². The van der Waals surface area contributed by atoms with Crippen LogP contribution < -0.4 is 5.73 Å². The van der Waals surface area contributed by atoms with E-state index in [9.17, 15) is 0 Å². The van der Waals surface area contributed by atoms with Gasteiger partial charge in [0.15, 0.2) is 0 Å². The molecule has 102 valence electrons. The van der Waals surface area contributed by atoms with Crippen molar-refractivity contribution in [2.75, 3.05) is 26.8 Å². The van der Waals surface area contributed by atoms with Gasteiger partial charge in [-0.05, 0) is 18.8 Å². The molecule has 0 aliphatic heterocycles. The maximum atomic E-state index is 6.34. The van der Waals surface area contributed by atoms with Crippen LogP contribution in [0.4, 0.5) is 0 Å². The molecule has 0 saturated heterocycles. The van der Waals surface area contributed by atoms with Gasteiger partial charge in [-0.15, -0.1) is 0 Å². The highest BCUT2D eigenvalue weighted by atomic mass is 16.5. The minimum Gasteiger partial charge on any atom is -0.383 e. The second kappa shape index (κ2) is 8.06. The van der Waals surface area contributed by atoms with Crippen LogP contribution in [0, 0.1) is 5.92 Å². The summed E-state index contributed by atoms with van der Waals surface area (Å²) in [6.07, 6.45) is 6.44. The van der Waals surface area contributed by atoms with Crippen molar-refractivity contribution in [3.63, 3.8) is 0 Å². The fraction of sp³-hybridized carbons (Fsp3) is 1.00. The van der Waals surface area contributed by atoms with Crippen LogP contribution in [0.1, 0.15) is 46.0 Å². The van der Waals surface area contributed by atoms with Gasteiger partial charge in [0, 0.05) is 32.3 Å². The lowest BCUT2D eigenvalue weighted by atomic mass is 10.0. The smallest absolute Gasteiger partial charge is 0.0589 e. The summed E-state index contributed by atoms with van der Waals surface area (Å²) in [6.45, 7) is 7.54. The van der Waals surface area contributed by atoms with E-state index in [1.807, 2.05) is 0 Å². The summed E-state index contributed by atoms with van der Waals surface area (Å²) in [5, 5.41) is 0. The first-order chi connectivity index (χ1) is 8.15. The Balaban J connectivity index is 2.57. The molecule has 2 atom stereocenters. The standard InChI is InChI=1S/C14H30N2O/c1-12(2)11-16(9-10-17-3)14-8-6-4-5-7-13(14)15/h12-14H,4-11,15H2,1-3H3. The molecule has 0 amide bonds. The predicted octanol–water partition coefficient (Wildman–Crippen LogP) is 2.25. The highest BCUT2D eigenvalue weighted by Gasteiger charge is 2.26. The molecule has 0 spiro atoms. The van der Waals surface area contributed by atoms with Gasteiger partial charge in [0.2, 0.25) is 0 Å². The van der Waals surface area contributed by atoms with E-state index >= 15 is 0 Å². The van der Waals surface area contributed by atoms with Gasteiger partial charge >= 0.3 is 0 Å².